The SMILES string of the molecule is COCn1cc(C)c(C(=O)O)c1C(Nc1cc(C)c2nnn(C)c2n1)c1ccc(Cl)cc1. The number of methoxy groups -OCH3 is 1. The lowest BCUT2D eigenvalue weighted by molar-refractivity contribution is 0.0693. The van der Waals surface area contributed by atoms with Gasteiger partial charge >= 0.3 is 5.97 Å². The molecule has 0 fully saturated rings. The number of nitrogens with zero attached hydrogens (tertiary/aromatic N) is 5. The van der Waals surface area contributed by atoms with Crippen LogP contribution in [0.15, 0.2) is 36.5 Å². The monoisotopic (exact) mass is 454 g/mol. The number of rotatable bonds is 7. The Balaban J connectivity index is 1.91. The van der Waals surface area contributed by atoms with Crippen molar-refractivity contribution in [1.29, 1.82) is 0 Å². The molecule has 0 spiro atoms. The van der Waals surface area contributed by atoms with Crippen LogP contribution in [0.3, 0.4) is 0 Å². The Morgan fingerprint density at radius 3 is 2.62 bits per heavy atom. The number of halogens is 1. The largest absolute Gasteiger partial charge is 0.478 e. The summed E-state index contributed by atoms with van der Waals surface area (Å²) >= 11 is 6.11. The number of ether oxygens (including phenoxy) is 1. The Bertz CT molecular complexity index is 1300. The fraction of sp³-hybridized carbons (Fsp3) is 0.273. The summed E-state index contributed by atoms with van der Waals surface area (Å²) in [6.45, 7) is 3.90. The number of pyridine rings is 1. The zero-order chi connectivity index (χ0) is 23.0. The van der Waals surface area contributed by atoms with Crippen LogP contribution in [-0.2, 0) is 18.5 Å². The van der Waals surface area contributed by atoms with Crippen molar-refractivity contribution < 1.29 is 14.6 Å². The molecule has 3 aromatic heterocycles. The molecule has 2 N–H and O–H groups in total. The van der Waals surface area contributed by atoms with E-state index in [1.165, 1.54) is 0 Å². The number of anilines is 1. The third-order valence-electron chi connectivity index (χ3n) is 5.31. The van der Waals surface area contributed by atoms with Crippen LogP contribution in [-0.4, -0.2) is 42.7 Å². The molecule has 3 heterocycles. The van der Waals surface area contributed by atoms with Crippen molar-refractivity contribution in [1.82, 2.24) is 24.5 Å². The van der Waals surface area contributed by atoms with Gasteiger partial charge in [-0.25, -0.2) is 14.5 Å². The number of carbonyl (C=O) groups is 1. The van der Waals surface area contributed by atoms with Crippen LogP contribution in [0.1, 0.15) is 38.8 Å². The predicted molar refractivity (Wildman–Crippen MR) is 121 cm³/mol. The van der Waals surface area contributed by atoms with Crippen LogP contribution in [0.2, 0.25) is 5.02 Å². The molecule has 0 saturated heterocycles. The van der Waals surface area contributed by atoms with E-state index in [0.717, 1.165) is 11.1 Å². The first kappa shape index (κ1) is 21.8. The van der Waals surface area contributed by atoms with Crippen molar-refractivity contribution in [2.24, 2.45) is 7.05 Å². The molecule has 1 atom stereocenters. The highest BCUT2D eigenvalue weighted by Crippen LogP contribution is 2.33. The van der Waals surface area contributed by atoms with Crippen molar-refractivity contribution in [3.63, 3.8) is 0 Å². The zero-order valence-corrected chi connectivity index (χ0v) is 18.9. The summed E-state index contributed by atoms with van der Waals surface area (Å²) in [5, 5.41) is 22.2. The molecule has 1 aromatic carbocycles. The van der Waals surface area contributed by atoms with Crippen LogP contribution < -0.4 is 5.32 Å². The maximum Gasteiger partial charge on any atom is 0.337 e. The first-order valence-corrected chi connectivity index (χ1v) is 10.3. The van der Waals surface area contributed by atoms with Crippen molar-refractivity contribution in [2.45, 2.75) is 26.6 Å². The van der Waals surface area contributed by atoms with Crippen LogP contribution in [0, 0.1) is 13.8 Å². The number of hydrogen-bond donors (Lipinski definition) is 2. The quantitative estimate of drug-likeness (QED) is 0.435. The molecular formula is C22H23ClN6O3. The lowest BCUT2D eigenvalue weighted by Gasteiger charge is -2.23. The normalized spacial score (nSPS) is 12.3. The van der Waals surface area contributed by atoms with Gasteiger partial charge in [0.1, 0.15) is 18.1 Å². The van der Waals surface area contributed by atoms with E-state index in [-0.39, 0.29) is 12.3 Å². The number of nitrogens with one attached hydrogen (secondary N) is 1. The van der Waals surface area contributed by atoms with Gasteiger partial charge in [-0.3, -0.25) is 0 Å². The second-order valence-corrected chi connectivity index (χ2v) is 8.04. The van der Waals surface area contributed by atoms with Gasteiger partial charge in [0.25, 0.3) is 0 Å². The molecule has 0 saturated carbocycles. The third kappa shape index (κ3) is 3.92. The van der Waals surface area contributed by atoms with E-state index in [0.29, 0.717) is 33.3 Å². The molecule has 166 valence electrons. The van der Waals surface area contributed by atoms with Crippen molar-refractivity contribution >= 4 is 34.6 Å². The van der Waals surface area contributed by atoms with E-state index in [2.05, 4.69) is 20.6 Å². The molecule has 0 bridgehead atoms. The Kier molecular flexibility index (Phi) is 5.86. The maximum atomic E-state index is 12.2. The van der Waals surface area contributed by atoms with Gasteiger partial charge in [-0.1, -0.05) is 28.9 Å². The molecular weight excluding hydrogens is 432 g/mol. The fourth-order valence-corrected chi connectivity index (χ4v) is 4.01. The molecule has 0 aliphatic rings. The van der Waals surface area contributed by atoms with Gasteiger partial charge in [0.15, 0.2) is 5.65 Å². The second-order valence-electron chi connectivity index (χ2n) is 7.60. The topological polar surface area (TPSA) is 107 Å². The number of benzene rings is 1. The van der Waals surface area contributed by atoms with Crippen molar-refractivity contribution in [3.8, 4) is 0 Å². The lowest BCUT2D eigenvalue weighted by atomic mass is 9.99. The highest BCUT2D eigenvalue weighted by Gasteiger charge is 2.28. The summed E-state index contributed by atoms with van der Waals surface area (Å²) in [5.74, 6) is -0.442. The standard InChI is InChI=1S/C22H23ClN6O3/c1-12-9-16(25-21-18(12)26-27-28(21)3)24-19(14-5-7-15(23)8-6-14)20-17(22(30)31)13(2)10-29(20)11-32-4/h5-10,19H,11H2,1-4H3,(H,24,25)(H,30,31). The number of hydrogen-bond acceptors (Lipinski definition) is 6. The van der Waals surface area contributed by atoms with Gasteiger partial charge in [-0.15, -0.1) is 5.10 Å². The van der Waals surface area contributed by atoms with Gasteiger partial charge in [-0.05, 0) is 48.7 Å². The maximum absolute atomic E-state index is 12.2. The minimum absolute atomic E-state index is 0.201. The van der Waals surface area contributed by atoms with E-state index < -0.39 is 12.0 Å². The van der Waals surface area contributed by atoms with Gasteiger partial charge < -0.3 is 19.7 Å². The van der Waals surface area contributed by atoms with E-state index in [1.54, 1.807) is 48.7 Å². The summed E-state index contributed by atoms with van der Waals surface area (Å²) in [6.07, 6.45) is 1.78. The first-order valence-electron chi connectivity index (χ1n) is 9.91. The number of aryl methyl sites for hydroxylation is 3. The summed E-state index contributed by atoms with van der Waals surface area (Å²) in [7, 11) is 3.34. The summed E-state index contributed by atoms with van der Waals surface area (Å²) in [4.78, 5) is 16.9. The highest BCUT2D eigenvalue weighted by molar-refractivity contribution is 6.30. The Labute approximate surface area is 189 Å². The molecule has 32 heavy (non-hydrogen) atoms. The molecule has 9 nitrogen and oxygen atoms in total. The van der Waals surface area contributed by atoms with Crippen molar-refractivity contribution in [2.75, 3.05) is 12.4 Å². The summed E-state index contributed by atoms with van der Waals surface area (Å²) in [5.41, 5.74) is 4.49. The van der Waals surface area contributed by atoms with Crippen LogP contribution in [0.4, 0.5) is 5.82 Å². The minimum Gasteiger partial charge on any atom is -0.478 e. The predicted octanol–water partition coefficient (Wildman–Crippen LogP) is 3.94. The van der Waals surface area contributed by atoms with E-state index >= 15 is 0 Å². The Morgan fingerprint density at radius 1 is 1.25 bits per heavy atom. The van der Waals surface area contributed by atoms with Crippen molar-refractivity contribution in [3.05, 3.63) is 69.5 Å². The lowest BCUT2D eigenvalue weighted by Crippen LogP contribution is -2.21. The van der Waals surface area contributed by atoms with E-state index in [1.807, 2.05) is 25.1 Å². The summed E-state index contributed by atoms with van der Waals surface area (Å²) in [6, 6.07) is 8.61. The molecule has 0 aliphatic heterocycles. The van der Waals surface area contributed by atoms with Gasteiger partial charge in [0.05, 0.1) is 17.3 Å². The van der Waals surface area contributed by atoms with E-state index in [4.69, 9.17) is 16.3 Å². The minimum atomic E-state index is -1.01. The number of aromatic nitrogens is 5. The number of fused-ring (bicyclic) bond motifs is 1. The molecule has 1 unspecified atom stereocenters. The molecule has 0 amide bonds. The second kappa shape index (κ2) is 8.60. The van der Waals surface area contributed by atoms with Gasteiger partial charge in [0, 0.05) is 25.4 Å². The Morgan fingerprint density at radius 2 is 1.97 bits per heavy atom. The third-order valence-corrected chi connectivity index (χ3v) is 5.56. The first-order chi connectivity index (χ1) is 15.3. The van der Waals surface area contributed by atoms with Crippen LogP contribution >= 0.6 is 11.6 Å². The average Bonchev–Trinajstić information content (AvgIpc) is 3.27. The highest BCUT2D eigenvalue weighted by atomic mass is 35.5. The molecule has 4 aromatic rings. The number of carboxylic acids is 1. The van der Waals surface area contributed by atoms with Gasteiger partial charge in [0.2, 0.25) is 0 Å². The molecule has 10 heteroatoms. The van der Waals surface area contributed by atoms with Gasteiger partial charge in [-0.2, -0.15) is 0 Å². The fourth-order valence-electron chi connectivity index (χ4n) is 3.89. The zero-order valence-electron chi connectivity index (χ0n) is 18.1. The van der Waals surface area contributed by atoms with Crippen LogP contribution in [0.25, 0.3) is 11.2 Å². The number of carboxylic acid groups (broad SMARTS) is 1. The summed E-state index contributed by atoms with van der Waals surface area (Å²) < 4.78 is 8.74. The molecule has 0 aliphatic carbocycles. The van der Waals surface area contributed by atoms with E-state index in [9.17, 15) is 9.90 Å². The smallest absolute Gasteiger partial charge is 0.337 e. The Hall–Kier alpha value is -3.43. The number of aromatic carboxylic acids is 1. The molecule has 0 radical (unpaired) electrons. The van der Waals surface area contributed by atoms with Crippen LogP contribution in [0.5, 0.6) is 0 Å². The molecule has 4 rings (SSSR count). The average molecular weight is 455 g/mol.